The lowest BCUT2D eigenvalue weighted by molar-refractivity contribution is 0.0895. The predicted molar refractivity (Wildman–Crippen MR) is 86.6 cm³/mol. The van der Waals surface area contributed by atoms with E-state index in [0.717, 1.165) is 18.4 Å². The van der Waals surface area contributed by atoms with Gasteiger partial charge in [-0.2, -0.15) is 0 Å². The fraction of sp³-hybridized carbons (Fsp3) is 0.400. The highest BCUT2D eigenvalue weighted by Crippen LogP contribution is 2.16. The molecule has 1 aromatic heterocycles. The second-order valence-electron chi connectivity index (χ2n) is 4.91. The van der Waals surface area contributed by atoms with Crippen molar-refractivity contribution in [1.82, 2.24) is 15.3 Å². The number of rotatable bonds is 5. The number of nitrogens with two attached hydrogens (primary N) is 1. The molecule has 0 fully saturated rings. The van der Waals surface area contributed by atoms with Crippen LogP contribution in [0.25, 0.3) is 11.0 Å². The van der Waals surface area contributed by atoms with E-state index in [1.807, 2.05) is 13.8 Å². The number of aromatic nitrogens is 2. The van der Waals surface area contributed by atoms with Crippen LogP contribution in [-0.2, 0) is 0 Å². The van der Waals surface area contributed by atoms with Crippen LogP contribution in [0.1, 0.15) is 37.0 Å². The summed E-state index contributed by atoms with van der Waals surface area (Å²) in [5, 5.41) is 3.05. The maximum atomic E-state index is 12.4. The Balaban J connectivity index is 0.00000220. The quantitative estimate of drug-likeness (QED) is 0.888. The molecule has 2 rings (SSSR count). The van der Waals surface area contributed by atoms with Crippen LogP contribution in [0.3, 0.4) is 0 Å². The molecule has 21 heavy (non-hydrogen) atoms. The van der Waals surface area contributed by atoms with Gasteiger partial charge < -0.3 is 11.1 Å². The SMILES string of the molecule is CCC(CC)(CN)NC(=O)c1ccc2nccnc2c1.Cl. The first kappa shape index (κ1) is 17.3. The largest absolute Gasteiger partial charge is 0.345 e. The number of hydrogen-bond acceptors (Lipinski definition) is 4. The van der Waals surface area contributed by atoms with E-state index in [0.29, 0.717) is 17.6 Å². The zero-order valence-electron chi connectivity index (χ0n) is 12.3. The molecule has 2 aromatic rings. The van der Waals surface area contributed by atoms with Crippen molar-refractivity contribution in [3.8, 4) is 0 Å². The Bertz CT molecular complexity index is 605. The van der Waals surface area contributed by atoms with Gasteiger partial charge in [0.25, 0.3) is 5.91 Å². The van der Waals surface area contributed by atoms with Crippen LogP contribution in [0.15, 0.2) is 30.6 Å². The fourth-order valence-electron chi connectivity index (χ4n) is 2.18. The molecule has 1 aromatic carbocycles. The van der Waals surface area contributed by atoms with E-state index in [9.17, 15) is 4.79 Å². The Morgan fingerprint density at radius 2 is 1.81 bits per heavy atom. The Morgan fingerprint density at radius 3 is 2.38 bits per heavy atom. The van der Waals surface area contributed by atoms with Gasteiger partial charge >= 0.3 is 0 Å². The molecule has 0 saturated carbocycles. The van der Waals surface area contributed by atoms with E-state index in [2.05, 4.69) is 15.3 Å². The average Bonchev–Trinajstić information content (AvgIpc) is 2.52. The first-order valence-electron chi connectivity index (χ1n) is 6.87. The number of carbonyl (C=O) groups is 1. The van der Waals surface area contributed by atoms with Crippen LogP contribution in [0, 0.1) is 0 Å². The zero-order valence-corrected chi connectivity index (χ0v) is 13.1. The number of carbonyl (C=O) groups excluding carboxylic acids is 1. The molecular weight excluding hydrogens is 288 g/mol. The minimum absolute atomic E-state index is 0. The topological polar surface area (TPSA) is 80.9 Å². The molecule has 6 heteroatoms. The minimum atomic E-state index is -0.339. The van der Waals surface area contributed by atoms with Gasteiger partial charge in [0.05, 0.1) is 16.6 Å². The summed E-state index contributed by atoms with van der Waals surface area (Å²) >= 11 is 0. The molecule has 0 aliphatic rings. The Morgan fingerprint density at radius 1 is 1.19 bits per heavy atom. The molecular formula is C15H21ClN4O. The molecule has 1 heterocycles. The summed E-state index contributed by atoms with van der Waals surface area (Å²) in [5.41, 5.74) is 7.54. The smallest absolute Gasteiger partial charge is 0.251 e. The summed E-state index contributed by atoms with van der Waals surface area (Å²) in [6, 6.07) is 5.32. The molecule has 3 N–H and O–H groups in total. The maximum absolute atomic E-state index is 12.4. The number of nitrogens with zero attached hydrogens (tertiary/aromatic N) is 2. The van der Waals surface area contributed by atoms with Crippen molar-refractivity contribution in [2.75, 3.05) is 6.54 Å². The van der Waals surface area contributed by atoms with E-state index in [4.69, 9.17) is 5.73 Å². The van der Waals surface area contributed by atoms with Crippen LogP contribution < -0.4 is 11.1 Å². The summed E-state index contributed by atoms with van der Waals surface area (Å²) in [6.45, 7) is 4.49. The van der Waals surface area contributed by atoms with Crippen LogP contribution in [0.5, 0.6) is 0 Å². The van der Waals surface area contributed by atoms with Gasteiger partial charge in [0, 0.05) is 24.5 Å². The van der Waals surface area contributed by atoms with Crippen molar-refractivity contribution in [3.63, 3.8) is 0 Å². The van der Waals surface area contributed by atoms with Gasteiger partial charge in [0.2, 0.25) is 0 Å². The highest BCUT2D eigenvalue weighted by Gasteiger charge is 2.26. The summed E-state index contributed by atoms with van der Waals surface area (Å²) in [4.78, 5) is 20.8. The Labute approximate surface area is 130 Å². The number of fused-ring (bicyclic) bond motifs is 1. The first-order valence-corrected chi connectivity index (χ1v) is 6.87. The van der Waals surface area contributed by atoms with E-state index in [1.165, 1.54) is 0 Å². The normalized spacial score (nSPS) is 11.0. The molecule has 114 valence electrons. The molecule has 0 saturated heterocycles. The summed E-state index contributed by atoms with van der Waals surface area (Å²) < 4.78 is 0. The van der Waals surface area contributed by atoms with E-state index >= 15 is 0 Å². The predicted octanol–water partition coefficient (Wildman–Crippen LogP) is 2.30. The molecule has 0 radical (unpaired) electrons. The zero-order chi connectivity index (χ0) is 14.6. The van der Waals surface area contributed by atoms with Crippen molar-refractivity contribution < 1.29 is 4.79 Å². The van der Waals surface area contributed by atoms with Gasteiger partial charge in [-0.05, 0) is 31.0 Å². The summed E-state index contributed by atoms with van der Waals surface area (Å²) in [6.07, 6.45) is 4.86. The minimum Gasteiger partial charge on any atom is -0.345 e. The van der Waals surface area contributed by atoms with Gasteiger partial charge in [-0.25, -0.2) is 0 Å². The number of benzene rings is 1. The van der Waals surface area contributed by atoms with Crippen molar-refractivity contribution in [2.45, 2.75) is 32.2 Å². The molecule has 0 unspecified atom stereocenters. The average molecular weight is 309 g/mol. The third kappa shape index (κ3) is 3.68. The lowest BCUT2D eigenvalue weighted by Gasteiger charge is -2.31. The van der Waals surface area contributed by atoms with Gasteiger partial charge in [-0.1, -0.05) is 13.8 Å². The lowest BCUT2D eigenvalue weighted by Crippen LogP contribution is -2.52. The lowest BCUT2D eigenvalue weighted by atomic mass is 9.92. The van der Waals surface area contributed by atoms with Gasteiger partial charge in [-0.15, -0.1) is 12.4 Å². The monoisotopic (exact) mass is 308 g/mol. The molecule has 1 amide bonds. The van der Waals surface area contributed by atoms with E-state index in [-0.39, 0.29) is 23.9 Å². The summed E-state index contributed by atoms with van der Waals surface area (Å²) in [5.74, 6) is -0.119. The van der Waals surface area contributed by atoms with Gasteiger partial charge in [-0.3, -0.25) is 14.8 Å². The fourth-order valence-corrected chi connectivity index (χ4v) is 2.18. The second kappa shape index (κ2) is 7.33. The highest BCUT2D eigenvalue weighted by atomic mass is 35.5. The van der Waals surface area contributed by atoms with Crippen LogP contribution >= 0.6 is 12.4 Å². The van der Waals surface area contributed by atoms with E-state index in [1.54, 1.807) is 30.6 Å². The third-order valence-corrected chi connectivity index (χ3v) is 3.85. The number of nitrogens with one attached hydrogen (secondary N) is 1. The second-order valence-corrected chi connectivity index (χ2v) is 4.91. The highest BCUT2D eigenvalue weighted by molar-refractivity contribution is 5.97. The van der Waals surface area contributed by atoms with E-state index < -0.39 is 0 Å². The van der Waals surface area contributed by atoms with Crippen molar-refractivity contribution >= 4 is 29.3 Å². The summed E-state index contributed by atoms with van der Waals surface area (Å²) in [7, 11) is 0. The maximum Gasteiger partial charge on any atom is 0.251 e. The molecule has 0 aliphatic carbocycles. The molecule has 0 aliphatic heterocycles. The number of hydrogen-bond donors (Lipinski definition) is 2. The molecule has 5 nitrogen and oxygen atoms in total. The van der Waals surface area contributed by atoms with Crippen molar-refractivity contribution in [3.05, 3.63) is 36.2 Å². The Hall–Kier alpha value is -1.72. The first-order chi connectivity index (χ1) is 9.64. The standard InChI is InChI=1S/C15H20N4O.ClH/c1-3-15(4-2,10-16)19-14(20)11-5-6-12-13(9-11)18-8-7-17-12;/h5-9H,3-4,10,16H2,1-2H3,(H,19,20);1H. The van der Waals surface area contributed by atoms with Crippen LogP contribution in [0.2, 0.25) is 0 Å². The van der Waals surface area contributed by atoms with Crippen LogP contribution in [0.4, 0.5) is 0 Å². The molecule has 0 bridgehead atoms. The van der Waals surface area contributed by atoms with Gasteiger partial charge in [0.1, 0.15) is 0 Å². The Kier molecular flexibility index (Phi) is 6.05. The molecule has 0 atom stereocenters. The number of halogens is 1. The molecule has 0 spiro atoms. The third-order valence-electron chi connectivity index (χ3n) is 3.85. The van der Waals surface area contributed by atoms with Crippen molar-refractivity contribution in [1.29, 1.82) is 0 Å². The van der Waals surface area contributed by atoms with Crippen LogP contribution in [-0.4, -0.2) is 28.0 Å². The van der Waals surface area contributed by atoms with Gasteiger partial charge in [0.15, 0.2) is 0 Å². The number of amides is 1. The van der Waals surface area contributed by atoms with Crippen molar-refractivity contribution in [2.24, 2.45) is 5.73 Å².